The van der Waals surface area contributed by atoms with E-state index in [1.54, 1.807) is 24.3 Å². The van der Waals surface area contributed by atoms with Crippen molar-refractivity contribution in [3.63, 3.8) is 0 Å². The van der Waals surface area contributed by atoms with Crippen molar-refractivity contribution in [3.8, 4) is 5.75 Å². The summed E-state index contributed by atoms with van der Waals surface area (Å²) in [5.41, 5.74) is 3.97. The number of aryl methyl sites for hydroxylation is 2. The molecule has 0 saturated carbocycles. The first kappa shape index (κ1) is 15.7. The van der Waals surface area contributed by atoms with E-state index in [0.717, 1.165) is 46.1 Å². The molecule has 23 heavy (non-hydrogen) atoms. The number of phenolic OH excluding ortho intramolecular Hbond substituents is 1. The third kappa shape index (κ3) is 3.45. The van der Waals surface area contributed by atoms with E-state index >= 15 is 0 Å². The summed E-state index contributed by atoms with van der Waals surface area (Å²) in [7, 11) is 0. The number of carbonyl (C=O) groups is 1. The average molecular weight is 374 g/mol. The molecule has 0 heterocycles. The van der Waals surface area contributed by atoms with Crippen molar-refractivity contribution in [1.29, 1.82) is 0 Å². The zero-order valence-corrected chi connectivity index (χ0v) is 14.3. The molecule has 5 heteroatoms. The van der Waals surface area contributed by atoms with Gasteiger partial charge in [0.15, 0.2) is 0 Å². The molecule has 4 nitrogen and oxygen atoms in total. The number of halogens is 1. The minimum absolute atomic E-state index is 0.288. The summed E-state index contributed by atoms with van der Waals surface area (Å²) in [6, 6.07) is 10.7. The Morgan fingerprint density at radius 2 is 2.09 bits per heavy atom. The zero-order chi connectivity index (χ0) is 16.4. The minimum Gasteiger partial charge on any atom is -0.508 e. The van der Waals surface area contributed by atoms with Crippen LogP contribution in [0.3, 0.4) is 0 Å². The van der Waals surface area contributed by atoms with E-state index in [2.05, 4.69) is 21.1 Å². The lowest BCUT2D eigenvalue weighted by Gasteiger charge is -2.18. The van der Waals surface area contributed by atoms with Gasteiger partial charge in [-0.2, -0.15) is 0 Å². The molecule has 0 fully saturated rings. The smallest absolute Gasteiger partial charge is 0.365 e. The number of carbonyl (C=O) groups excluding carboxylic acids is 1. The van der Waals surface area contributed by atoms with E-state index in [-0.39, 0.29) is 5.75 Å². The van der Waals surface area contributed by atoms with Crippen molar-refractivity contribution in [3.05, 3.63) is 63.1 Å². The lowest BCUT2D eigenvalue weighted by atomic mass is 9.88. The fourth-order valence-electron chi connectivity index (χ4n) is 2.66. The van der Waals surface area contributed by atoms with Crippen LogP contribution in [-0.4, -0.2) is 16.8 Å². The molecular formula is C18H16BrNO3. The van der Waals surface area contributed by atoms with Crippen molar-refractivity contribution in [2.24, 2.45) is 5.16 Å². The molecule has 0 atom stereocenters. The number of aromatic hydroxyl groups is 1. The van der Waals surface area contributed by atoms with Crippen molar-refractivity contribution in [2.45, 2.75) is 26.2 Å². The lowest BCUT2D eigenvalue weighted by Crippen LogP contribution is -2.14. The van der Waals surface area contributed by atoms with Gasteiger partial charge in [-0.25, -0.2) is 4.79 Å². The Kier molecular flexibility index (Phi) is 4.48. The molecule has 1 N–H and O–H groups in total. The summed E-state index contributed by atoms with van der Waals surface area (Å²) >= 11 is 3.33. The summed E-state index contributed by atoms with van der Waals surface area (Å²) in [5, 5.41) is 13.9. The third-order valence-electron chi connectivity index (χ3n) is 3.89. The van der Waals surface area contributed by atoms with Gasteiger partial charge in [0.25, 0.3) is 0 Å². The Balaban J connectivity index is 1.85. The molecular weight excluding hydrogens is 358 g/mol. The van der Waals surface area contributed by atoms with Crippen LogP contribution < -0.4 is 0 Å². The molecule has 1 aliphatic rings. The Labute approximate surface area is 142 Å². The van der Waals surface area contributed by atoms with E-state index in [4.69, 9.17) is 4.84 Å². The molecule has 0 aromatic heterocycles. The van der Waals surface area contributed by atoms with E-state index in [0.29, 0.717) is 5.56 Å². The van der Waals surface area contributed by atoms with Gasteiger partial charge in [-0.05, 0) is 67.6 Å². The molecule has 0 unspecified atom stereocenters. The Hall–Kier alpha value is -2.14. The minimum atomic E-state index is -0.485. The highest BCUT2D eigenvalue weighted by Crippen LogP contribution is 2.28. The quantitative estimate of drug-likeness (QED) is 0.628. The highest BCUT2D eigenvalue weighted by molar-refractivity contribution is 9.10. The third-order valence-corrected chi connectivity index (χ3v) is 4.38. The van der Waals surface area contributed by atoms with Crippen molar-refractivity contribution in [2.75, 3.05) is 0 Å². The first-order valence-corrected chi connectivity index (χ1v) is 8.20. The van der Waals surface area contributed by atoms with Crippen LogP contribution in [0.2, 0.25) is 0 Å². The SMILES string of the molecule is Cc1cc2c(cc1O)CCCC2=NOC(=O)c1cccc(Br)c1. The number of hydrogen-bond acceptors (Lipinski definition) is 4. The maximum absolute atomic E-state index is 12.1. The van der Waals surface area contributed by atoms with Crippen molar-refractivity contribution in [1.82, 2.24) is 0 Å². The van der Waals surface area contributed by atoms with Gasteiger partial charge in [-0.1, -0.05) is 27.2 Å². The second kappa shape index (κ2) is 6.54. The fraction of sp³-hybridized carbons (Fsp3) is 0.222. The predicted octanol–water partition coefficient (Wildman–Crippen LogP) is 4.36. The Bertz CT molecular complexity index is 799. The summed E-state index contributed by atoms with van der Waals surface area (Å²) < 4.78 is 0.814. The van der Waals surface area contributed by atoms with Crippen LogP contribution in [0.25, 0.3) is 0 Å². The fourth-order valence-corrected chi connectivity index (χ4v) is 3.05. The normalized spacial score (nSPS) is 15.3. The highest BCUT2D eigenvalue weighted by Gasteiger charge is 2.19. The molecule has 2 aromatic carbocycles. The topological polar surface area (TPSA) is 58.9 Å². The molecule has 1 aliphatic carbocycles. The summed E-state index contributed by atoms with van der Waals surface area (Å²) in [6.07, 6.45) is 2.56. The van der Waals surface area contributed by atoms with Crippen LogP contribution in [0.1, 0.15) is 39.9 Å². The van der Waals surface area contributed by atoms with E-state index in [1.165, 1.54) is 0 Å². The Morgan fingerprint density at radius 3 is 2.87 bits per heavy atom. The monoisotopic (exact) mass is 373 g/mol. The lowest BCUT2D eigenvalue weighted by molar-refractivity contribution is 0.0515. The van der Waals surface area contributed by atoms with Gasteiger partial charge in [-0.3, -0.25) is 0 Å². The largest absolute Gasteiger partial charge is 0.508 e. The van der Waals surface area contributed by atoms with Crippen LogP contribution >= 0.6 is 15.9 Å². The van der Waals surface area contributed by atoms with Crippen LogP contribution in [0.4, 0.5) is 0 Å². The molecule has 0 spiro atoms. The standard InChI is InChI=1S/C18H16BrNO3/c1-11-8-15-12(10-17(11)21)4-3-7-16(15)20-23-18(22)13-5-2-6-14(19)9-13/h2,5-6,8-10,21H,3-4,7H2,1H3. The van der Waals surface area contributed by atoms with E-state index in [9.17, 15) is 9.90 Å². The first-order valence-electron chi connectivity index (χ1n) is 7.41. The van der Waals surface area contributed by atoms with E-state index in [1.807, 2.05) is 19.1 Å². The van der Waals surface area contributed by atoms with Crippen LogP contribution in [-0.2, 0) is 11.3 Å². The van der Waals surface area contributed by atoms with Gasteiger partial charge in [-0.15, -0.1) is 0 Å². The van der Waals surface area contributed by atoms with Crippen molar-refractivity contribution >= 4 is 27.6 Å². The molecule has 118 valence electrons. The van der Waals surface area contributed by atoms with Crippen LogP contribution in [0.5, 0.6) is 5.75 Å². The molecule has 0 saturated heterocycles. The maximum atomic E-state index is 12.1. The van der Waals surface area contributed by atoms with Gasteiger partial charge < -0.3 is 9.94 Å². The summed E-state index contributed by atoms with van der Waals surface area (Å²) in [4.78, 5) is 17.2. The number of rotatable bonds is 2. The average Bonchev–Trinajstić information content (AvgIpc) is 2.54. The number of fused-ring (bicyclic) bond motifs is 1. The molecule has 0 aliphatic heterocycles. The maximum Gasteiger partial charge on any atom is 0.365 e. The number of nitrogens with zero attached hydrogens (tertiary/aromatic N) is 1. The van der Waals surface area contributed by atoms with Crippen LogP contribution in [0.15, 0.2) is 46.0 Å². The highest BCUT2D eigenvalue weighted by atomic mass is 79.9. The molecule has 0 bridgehead atoms. The predicted molar refractivity (Wildman–Crippen MR) is 91.9 cm³/mol. The van der Waals surface area contributed by atoms with Crippen LogP contribution in [0, 0.1) is 6.92 Å². The number of hydrogen-bond donors (Lipinski definition) is 1. The second-order valence-electron chi connectivity index (χ2n) is 5.58. The number of oxime groups is 1. The van der Waals surface area contributed by atoms with Gasteiger partial charge >= 0.3 is 5.97 Å². The summed E-state index contributed by atoms with van der Waals surface area (Å²) in [6.45, 7) is 1.84. The van der Waals surface area contributed by atoms with Crippen molar-refractivity contribution < 1.29 is 14.7 Å². The second-order valence-corrected chi connectivity index (χ2v) is 6.49. The molecule has 3 rings (SSSR count). The van der Waals surface area contributed by atoms with Gasteiger partial charge in [0, 0.05) is 10.0 Å². The Morgan fingerprint density at radius 1 is 1.26 bits per heavy atom. The number of phenols is 1. The molecule has 0 radical (unpaired) electrons. The number of benzene rings is 2. The zero-order valence-electron chi connectivity index (χ0n) is 12.7. The van der Waals surface area contributed by atoms with Gasteiger partial charge in [0.1, 0.15) is 5.75 Å². The first-order chi connectivity index (χ1) is 11.0. The van der Waals surface area contributed by atoms with Gasteiger partial charge in [0.05, 0.1) is 11.3 Å². The summed E-state index contributed by atoms with van der Waals surface area (Å²) in [5.74, 6) is -0.197. The van der Waals surface area contributed by atoms with Gasteiger partial charge in [0.2, 0.25) is 0 Å². The van der Waals surface area contributed by atoms with E-state index < -0.39 is 5.97 Å². The molecule has 0 amide bonds. The molecule has 2 aromatic rings.